The molecule has 0 aliphatic carbocycles. The van der Waals surface area contributed by atoms with Crippen molar-refractivity contribution in [3.05, 3.63) is 60.2 Å². The molecule has 0 saturated heterocycles. The van der Waals surface area contributed by atoms with Gasteiger partial charge in [-0.3, -0.25) is 9.48 Å². The topological polar surface area (TPSA) is 68.8 Å². The average Bonchev–Trinajstić information content (AvgIpc) is 3.41. The van der Waals surface area contributed by atoms with Crippen molar-refractivity contribution < 1.29 is 9.18 Å². The lowest BCUT2D eigenvalue weighted by Crippen LogP contribution is -2.30. The zero-order valence-corrected chi connectivity index (χ0v) is 17.2. The molecule has 0 atom stereocenters. The molecule has 0 N–H and O–H groups in total. The molecule has 0 fully saturated rings. The SMILES string of the molecule is CCN(CC)C(=O)c1cc(-c2ccnn2CC)nc2c1cnn2-c1ccc(F)cc1. The summed E-state index contributed by atoms with van der Waals surface area (Å²) < 4.78 is 16.9. The van der Waals surface area contributed by atoms with Crippen molar-refractivity contribution in [3.8, 4) is 17.1 Å². The summed E-state index contributed by atoms with van der Waals surface area (Å²) in [6, 6.07) is 9.71. The smallest absolute Gasteiger partial charge is 0.254 e. The Morgan fingerprint density at radius 1 is 1.07 bits per heavy atom. The highest BCUT2D eigenvalue weighted by atomic mass is 19.1. The molecule has 0 unspecified atom stereocenters. The summed E-state index contributed by atoms with van der Waals surface area (Å²) >= 11 is 0. The second kappa shape index (κ2) is 8.06. The Labute approximate surface area is 173 Å². The maximum absolute atomic E-state index is 13.4. The number of amides is 1. The third-order valence-corrected chi connectivity index (χ3v) is 5.17. The van der Waals surface area contributed by atoms with Crippen molar-refractivity contribution in [2.45, 2.75) is 27.3 Å². The van der Waals surface area contributed by atoms with Crippen molar-refractivity contribution in [1.29, 1.82) is 0 Å². The predicted octanol–water partition coefficient (Wildman–Crippen LogP) is 3.93. The van der Waals surface area contributed by atoms with E-state index >= 15 is 0 Å². The Hall–Kier alpha value is -3.55. The molecular weight excluding hydrogens is 383 g/mol. The molecule has 0 radical (unpaired) electrons. The van der Waals surface area contributed by atoms with E-state index in [0.717, 1.165) is 5.69 Å². The molecule has 8 heteroatoms. The fourth-order valence-electron chi connectivity index (χ4n) is 3.56. The van der Waals surface area contributed by atoms with Crippen LogP contribution in [0.25, 0.3) is 28.1 Å². The van der Waals surface area contributed by atoms with Crippen LogP contribution in [0, 0.1) is 5.82 Å². The monoisotopic (exact) mass is 406 g/mol. The molecule has 3 heterocycles. The van der Waals surface area contributed by atoms with E-state index in [2.05, 4.69) is 10.2 Å². The van der Waals surface area contributed by atoms with Gasteiger partial charge in [-0.25, -0.2) is 14.1 Å². The number of rotatable bonds is 6. The molecule has 4 aromatic rings. The first-order chi connectivity index (χ1) is 14.6. The second-order valence-corrected chi connectivity index (χ2v) is 6.83. The third-order valence-electron chi connectivity index (χ3n) is 5.17. The van der Waals surface area contributed by atoms with Gasteiger partial charge < -0.3 is 4.90 Å². The predicted molar refractivity (Wildman–Crippen MR) is 113 cm³/mol. The number of aromatic nitrogens is 5. The van der Waals surface area contributed by atoms with E-state index in [1.54, 1.807) is 34.1 Å². The molecule has 1 amide bonds. The minimum absolute atomic E-state index is 0.0742. The highest BCUT2D eigenvalue weighted by Crippen LogP contribution is 2.27. The van der Waals surface area contributed by atoms with Crippen molar-refractivity contribution in [1.82, 2.24) is 29.4 Å². The lowest BCUT2D eigenvalue weighted by Gasteiger charge is -2.19. The lowest BCUT2D eigenvalue weighted by atomic mass is 10.1. The molecule has 0 bridgehead atoms. The van der Waals surface area contributed by atoms with E-state index in [9.17, 15) is 9.18 Å². The maximum atomic E-state index is 13.4. The molecule has 1 aromatic carbocycles. The first-order valence-corrected chi connectivity index (χ1v) is 10.0. The summed E-state index contributed by atoms with van der Waals surface area (Å²) in [5, 5.41) is 9.44. The van der Waals surface area contributed by atoms with Gasteiger partial charge in [-0.15, -0.1) is 0 Å². The first-order valence-electron chi connectivity index (χ1n) is 10.0. The summed E-state index contributed by atoms with van der Waals surface area (Å²) in [6.07, 6.45) is 3.36. The van der Waals surface area contributed by atoms with Gasteiger partial charge in [0.25, 0.3) is 5.91 Å². The van der Waals surface area contributed by atoms with Crippen LogP contribution in [0.2, 0.25) is 0 Å². The number of halogens is 1. The summed E-state index contributed by atoms with van der Waals surface area (Å²) in [7, 11) is 0. The number of hydrogen-bond donors (Lipinski definition) is 0. The highest BCUT2D eigenvalue weighted by Gasteiger charge is 2.22. The number of carbonyl (C=O) groups excluding carboxylic acids is 1. The van der Waals surface area contributed by atoms with Crippen LogP contribution in [-0.2, 0) is 6.54 Å². The van der Waals surface area contributed by atoms with Crippen LogP contribution in [0.3, 0.4) is 0 Å². The van der Waals surface area contributed by atoms with Crippen LogP contribution in [-0.4, -0.2) is 48.4 Å². The quantitative estimate of drug-likeness (QED) is 0.487. The van der Waals surface area contributed by atoms with Gasteiger partial charge in [-0.05, 0) is 57.2 Å². The van der Waals surface area contributed by atoms with Crippen LogP contribution in [0.1, 0.15) is 31.1 Å². The molecule has 0 aliphatic rings. The number of aryl methyl sites for hydroxylation is 1. The zero-order chi connectivity index (χ0) is 21.3. The van der Waals surface area contributed by atoms with Crippen LogP contribution < -0.4 is 0 Å². The van der Waals surface area contributed by atoms with E-state index in [1.807, 2.05) is 37.6 Å². The van der Waals surface area contributed by atoms with Gasteiger partial charge in [0, 0.05) is 25.8 Å². The Morgan fingerprint density at radius 3 is 2.47 bits per heavy atom. The standard InChI is InChI=1S/C22H23FN6O/c1-4-27(5-2)22(30)17-13-19(20-11-12-24-28(20)6-3)26-21-18(17)14-25-29(21)16-9-7-15(23)8-10-16/h7-14H,4-6H2,1-3H3. The van der Waals surface area contributed by atoms with Gasteiger partial charge in [0.05, 0.1) is 34.2 Å². The van der Waals surface area contributed by atoms with Gasteiger partial charge in [0.2, 0.25) is 0 Å². The van der Waals surface area contributed by atoms with Crippen LogP contribution in [0.5, 0.6) is 0 Å². The molecule has 30 heavy (non-hydrogen) atoms. The summed E-state index contributed by atoms with van der Waals surface area (Å²) in [6.45, 7) is 7.79. The normalized spacial score (nSPS) is 11.2. The van der Waals surface area contributed by atoms with E-state index in [0.29, 0.717) is 47.6 Å². The number of nitrogens with zero attached hydrogens (tertiary/aromatic N) is 6. The fraction of sp³-hybridized carbons (Fsp3) is 0.273. The largest absolute Gasteiger partial charge is 0.339 e. The molecule has 7 nitrogen and oxygen atoms in total. The van der Waals surface area contributed by atoms with Crippen LogP contribution >= 0.6 is 0 Å². The average molecular weight is 406 g/mol. The lowest BCUT2D eigenvalue weighted by molar-refractivity contribution is 0.0775. The maximum Gasteiger partial charge on any atom is 0.254 e. The van der Waals surface area contributed by atoms with Crippen LogP contribution in [0.4, 0.5) is 4.39 Å². The molecule has 4 rings (SSSR count). The number of carbonyl (C=O) groups is 1. The number of benzene rings is 1. The van der Waals surface area contributed by atoms with Gasteiger partial charge in [-0.2, -0.15) is 10.2 Å². The van der Waals surface area contributed by atoms with Gasteiger partial charge in [0.1, 0.15) is 5.82 Å². The molecule has 0 aliphatic heterocycles. The molecule has 0 saturated carbocycles. The minimum atomic E-state index is -0.326. The van der Waals surface area contributed by atoms with E-state index < -0.39 is 0 Å². The van der Waals surface area contributed by atoms with Crippen molar-refractivity contribution in [2.24, 2.45) is 0 Å². The molecular formula is C22H23FN6O. The van der Waals surface area contributed by atoms with Crippen LogP contribution in [0.15, 0.2) is 48.8 Å². The fourth-order valence-corrected chi connectivity index (χ4v) is 3.56. The number of pyridine rings is 1. The zero-order valence-electron chi connectivity index (χ0n) is 17.2. The van der Waals surface area contributed by atoms with Crippen molar-refractivity contribution in [3.63, 3.8) is 0 Å². The van der Waals surface area contributed by atoms with E-state index in [1.165, 1.54) is 12.1 Å². The van der Waals surface area contributed by atoms with E-state index in [-0.39, 0.29) is 11.7 Å². The Morgan fingerprint density at radius 2 is 1.80 bits per heavy atom. The van der Waals surface area contributed by atoms with Gasteiger partial charge in [0.15, 0.2) is 5.65 Å². The Bertz CT molecular complexity index is 1190. The number of hydrogen-bond acceptors (Lipinski definition) is 4. The summed E-state index contributed by atoms with van der Waals surface area (Å²) in [5.74, 6) is -0.400. The second-order valence-electron chi connectivity index (χ2n) is 6.83. The first kappa shape index (κ1) is 19.8. The summed E-state index contributed by atoms with van der Waals surface area (Å²) in [4.78, 5) is 19.9. The Kier molecular flexibility index (Phi) is 5.31. The Balaban J connectivity index is 1.97. The number of fused-ring (bicyclic) bond motifs is 1. The molecule has 0 spiro atoms. The third kappa shape index (κ3) is 3.34. The van der Waals surface area contributed by atoms with Crippen molar-refractivity contribution in [2.75, 3.05) is 13.1 Å². The molecule has 154 valence electrons. The highest BCUT2D eigenvalue weighted by molar-refractivity contribution is 6.06. The van der Waals surface area contributed by atoms with Gasteiger partial charge >= 0.3 is 0 Å². The minimum Gasteiger partial charge on any atom is -0.339 e. The summed E-state index contributed by atoms with van der Waals surface area (Å²) in [5.41, 5.74) is 3.21. The van der Waals surface area contributed by atoms with E-state index in [4.69, 9.17) is 4.98 Å². The van der Waals surface area contributed by atoms with Crippen molar-refractivity contribution >= 4 is 16.9 Å². The van der Waals surface area contributed by atoms with Gasteiger partial charge in [-0.1, -0.05) is 0 Å². The molecule has 3 aromatic heterocycles.